The van der Waals surface area contributed by atoms with Gasteiger partial charge < -0.3 is 14.5 Å². The van der Waals surface area contributed by atoms with Crippen molar-refractivity contribution >= 4 is 5.91 Å². The number of nitrogens with zero attached hydrogens (tertiary/aromatic N) is 3. The molecule has 2 rings (SSSR count). The van der Waals surface area contributed by atoms with Gasteiger partial charge in [-0.1, -0.05) is 30.3 Å². The van der Waals surface area contributed by atoms with E-state index in [-0.39, 0.29) is 18.6 Å². The first-order valence-electron chi connectivity index (χ1n) is 9.66. The first-order chi connectivity index (χ1) is 13.3. The van der Waals surface area contributed by atoms with Gasteiger partial charge in [0.25, 0.3) is 0 Å². The van der Waals surface area contributed by atoms with Crippen LogP contribution >= 0.6 is 0 Å². The molecular formula is C20H30F3N3O2. The van der Waals surface area contributed by atoms with E-state index in [1.54, 1.807) is 4.90 Å². The number of amides is 1. The van der Waals surface area contributed by atoms with Crippen LogP contribution < -0.4 is 0 Å². The summed E-state index contributed by atoms with van der Waals surface area (Å²) >= 11 is 0. The Balaban J connectivity index is 1.64. The number of hydrogen-bond donors (Lipinski definition) is 0. The average Bonchev–Trinajstić information content (AvgIpc) is 2.67. The van der Waals surface area contributed by atoms with E-state index in [1.807, 2.05) is 44.3 Å². The topological polar surface area (TPSA) is 36.0 Å². The molecule has 0 bridgehead atoms. The SMILES string of the molecule is CC(c1ccccc1)N(C)C(=O)CN1CCN(CCCOCC(F)(F)F)CC1. The number of alkyl halides is 3. The molecule has 1 amide bonds. The fraction of sp³-hybridized carbons (Fsp3) is 0.650. The highest BCUT2D eigenvalue weighted by molar-refractivity contribution is 5.78. The van der Waals surface area contributed by atoms with Crippen molar-refractivity contribution in [3.8, 4) is 0 Å². The zero-order valence-corrected chi connectivity index (χ0v) is 16.6. The molecule has 1 atom stereocenters. The number of hydrogen-bond acceptors (Lipinski definition) is 4. The number of halogens is 3. The first-order valence-corrected chi connectivity index (χ1v) is 9.66. The van der Waals surface area contributed by atoms with Gasteiger partial charge in [0.1, 0.15) is 6.61 Å². The van der Waals surface area contributed by atoms with Gasteiger partial charge in [0, 0.05) is 46.4 Å². The molecule has 0 N–H and O–H groups in total. The molecule has 158 valence electrons. The summed E-state index contributed by atoms with van der Waals surface area (Å²) in [7, 11) is 1.83. The Hall–Kier alpha value is -1.64. The van der Waals surface area contributed by atoms with Gasteiger partial charge in [-0.3, -0.25) is 9.69 Å². The molecule has 1 aliphatic rings. The number of carbonyl (C=O) groups excluding carboxylic acids is 1. The molecule has 1 heterocycles. The number of benzene rings is 1. The van der Waals surface area contributed by atoms with E-state index in [0.29, 0.717) is 19.5 Å². The fourth-order valence-corrected chi connectivity index (χ4v) is 3.22. The van der Waals surface area contributed by atoms with Crippen molar-refractivity contribution in [1.29, 1.82) is 0 Å². The van der Waals surface area contributed by atoms with E-state index in [9.17, 15) is 18.0 Å². The number of ether oxygens (including phenoxy) is 1. The summed E-state index contributed by atoms with van der Waals surface area (Å²) in [5, 5.41) is 0. The molecule has 0 saturated carbocycles. The van der Waals surface area contributed by atoms with E-state index in [0.717, 1.165) is 31.7 Å². The second-order valence-corrected chi connectivity index (χ2v) is 7.23. The average molecular weight is 401 g/mol. The Kier molecular flexibility index (Phi) is 8.72. The Morgan fingerprint density at radius 3 is 2.36 bits per heavy atom. The van der Waals surface area contributed by atoms with Crippen LogP contribution in [0.5, 0.6) is 0 Å². The Bertz CT molecular complexity index is 590. The number of likely N-dealkylation sites (N-methyl/N-ethyl adjacent to an activating group) is 1. The van der Waals surface area contributed by atoms with Gasteiger partial charge in [-0.15, -0.1) is 0 Å². The van der Waals surface area contributed by atoms with Gasteiger partial charge >= 0.3 is 6.18 Å². The maximum absolute atomic E-state index is 12.6. The molecule has 0 spiro atoms. The summed E-state index contributed by atoms with van der Waals surface area (Å²) in [5.41, 5.74) is 1.11. The molecule has 1 unspecified atom stereocenters. The van der Waals surface area contributed by atoms with E-state index in [2.05, 4.69) is 14.5 Å². The van der Waals surface area contributed by atoms with Crippen LogP contribution in [0.4, 0.5) is 13.2 Å². The van der Waals surface area contributed by atoms with Crippen LogP contribution in [0.3, 0.4) is 0 Å². The molecule has 8 heteroatoms. The van der Waals surface area contributed by atoms with Crippen LogP contribution in [0, 0.1) is 0 Å². The van der Waals surface area contributed by atoms with E-state index < -0.39 is 12.8 Å². The van der Waals surface area contributed by atoms with Crippen molar-refractivity contribution < 1.29 is 22.7 Å². The highest BCUT2D eigenvalue weighted by Gasteiger charge is 2.27. The van der Waals surface area contributed by atoms with Crippen molar-refractivity contribution in [3.63, 3.8) is 0 Å². The largest absolute Gasteiger partial charge is 0.411 e. The second-order valence-electron chi connectivity index (χ2n) is 7.23. The number of carbonyl (C=O) groups is 1. The monoisotopic (exact) mass is 401 g/mol. The molecule has 1 aliphatic heterocycles. The van der Waals surface area contributed by atoms with Gasteiger partial charge in [-0.25, -0.2) is 0 Å². The third kappa shape index (κ3) is 7.77. The van der Waals surface area contributed by atoms with Crippen molar-refractivity contribution in [1.82, 2.24) is 14.7 Å². The Labute approximate surface area is 165 Å². The quantitative estimate of drug-likeness (QED) is 0.597. The van der Waals surface area contributed by atoms with Crippen LogP contribution in [0.2, 0.25) is 0 Å². The number of rotatable bonds is 9. The lowest BCUT2D eigenvalue weighted by molar-refractivity contribution is -0.174. The zero-order valence-electron chi connectivity index (χ0n) is 16.6. The van der Waals surface area contributed by atoms with Gasteiger partial charge in [0.05, 0.1) is 12.6 Å². The van der Waals surface area contributed by atoms with Gasteiger partial charge in [-0.2, -0.15) is 13.2 Å². The third-order valence-electron chi connectivity index (χ3n) is 5.11. The summed E-state index contributed by atoms with van der Waals surface area (Å²) in [5.74, 6) is 0.0883. The molecule has 1 saturated heterocycles. The molecule has 0 aromatic heterocycles. The maximum Gasteiger partial charge on any atom is 0.411 e. The highest BCUT2D eigenvalue weighted by Crippen LogP contribution is 2.18. The predicted octanol–water partition coefficient (Wildman–Crippen LogP) is 2.79. The van der Waals surface area contributed by atoms with E-state index in [1.165, 1.54) is 0 Å². The molecule has 0 radical (unpaired) electrons. The lowest BCUT2D eigenvalue weighted by Gasteiger charge is -2.35. The predicted molar refractivity (Wildman–Crippen MR) is 102 cm³/mol. The Morgan fingerprint density at radius 2 is 1.75 bits per heavy atom. The highest BCUT2D eigenvalue weighted by atomic mass is 19.4. The van der Waals surface area contributed by atoms with Crippen LogP contribution in [0.15, 0.2) is 30.3 Å². The zero-order chi connectivity index (χ0) is 20.6. The molecule has 5 nitrogen and oxygen atoms in total. The smallest absolute Gasteiger partial charge is 0.372 e. The maximum atomic E-state index is 12.6. The minimum absolute atomic E-state index is 0.0201. The summed E-state index contributed by atoms with van der Waals surface area (Å²) in [6.45, 7) is 5.23. The normalized spacial score (nSPS) is 17.5. The van der Waals surface area contributed by atoms with Crippen LogP contribution in [0.25, 0.3) is 0 Å². The van der Waals surface area contributed by atoms with Crippen LogP contribution in [-0.2, 0) is 9.53 Å². The Morgan fingerprint density at radius 1 is 1.14 bits per heavy atom. The molecule has 1 aromatic rings. The molecule has 1 aromatic carbocycles. The van der Waals surface area contributed by atoms with Crippen molar-refractivity contribution in [3.05, 3.63) is 35.9 Å². The summed E-state index contributed by atoms with van der Waals surface area (Å²) in [6.07, 6.45) is -3.68. The summed E-state index contributed by atoms with van der Waals surface area (Å²) in [6, 6.07) is 9.96. The van der Waals surface area contributed by atoms with Crippen molar-refractivity contribution in [2.75, 3.05) is 59.5 Å². The van der Waals surface area contributed by atoms with Crippen molar-refractivity contribution in [2.45, 2.75) is 25.6 Å². The number of piperazine rings is 1. The van der Waals surface area contributed by atoms with Gasteiger partial charge in [0.15, 0.2) is 0 Å². The second kappa shape index (κ2) is 10.8. The van der Waals surface area contributed by atoms with Gasteiger partial charge in [-0.05, 0) is 18.9 Å². The van der Waals surface area contributed by atoms with E-state index >= 15 is 0 Å². The van der Waals surface area contributed by atoms with Crippen LogP contribution in [0.1, 0.15) is 24.9 Å². The minimum atomic E-state index is -4.26. The molecule has 0 aliphatic carbocycles. The summed E-state index contributed by atoms with van der Waals surface area (Å²) in [4.78, 5) is 18.7. The van der Waals surface area contributed by atoms with Crippen molar-refractivity contribution in [2.24, 2.45) is 0 Å². The molecule has 1 fully saturated rings. The molecular weight excluding hydrogens is 371 g/mol. The van der Waals surface area contributed by atoms with Gasteiger partial charge in [0.2, 0.25) is 5.91 Å². The van der Waals surface area contributed by atoms with Crippen LogP contribution in [-0.4, -0.2) is 86.3 Å². The molecule has 28 heavy (non-hydrogen) atoms. The third-order valence-corrected chi connectivity index (χ3v) is 5.11. The lowest BCUT2D eigenvalue weighted by Crippen LogP contribution is -2.50. The van der Waals surface area contributed by atoms with E-state index in [4.69, 9.17) is 0 Å². The fourth-order valence-electron chi connectivity index (χ4n) is 3.22. The first kappa shape index (κ1) is 22.6. The minimum Gasteiger partial charge on any atom is -0.372 e. The summed E-state index contributed by atoms with van der Waals surface area (Å²) < 4.78 is 40.7. The standard InChI is InChI=1S/C20H30F3N3O2/c1-17(18-7-4-3-5-8-18)24(2)19(27)15-26-12-10-25(11-13-26)9-6-14-28-16-20(21,22)23/h3-5,7-8,17H,6,9-16H2,1-2H3. The lowest BCUT2D eigenvalue weighted by atomic mass is 10.1.